The molecule has 172 valence electrons. The number of nitrogens with one attached hydrogen (secondary N) is 1. The lowest BCUT2D eigenvalue weighted by atomic mass is 9.89. The van der Waals surface area contributed by atoms with Crippen LogP contribution < -0.4 is 11.5 Å². The van der Waals surface area contributed by atoms with Crippen molar-refractivity contribution in [3.63, 3.8) is 0 Å². The van der Waals surface area contributed by atoms with E-state index < -0.39 is 5.91 Å². The summed E-state index contributed by atoms with van der Waals surface area (Å²) in [5.41, 5.74) is 14.5. The molecule has 0 radical (unpaired) electrons. The van der Waals surface area contributed by atoms with Gasteiger partial charge >= 0.3 is 0 Å². The van der Waals surface area contributed by atoms with E-state index in [0.717, 1.165) is 23.0 Å². The van der Waals surface area contributed by atoms with E-state index in [9.17, 15) is 9.59 Å². The first-order valence-corrected chi connectivity index (χ1v) is 11.5. The van der Waals surface area contributed by atoms with Crippen LogP contribution in [0, 0.1) is 11.3 Å². The number of nitrogens with two attached hydrogens (primary N) is 2. The SMILES string of the molecule is CN(CC1CCCCC1)C(=O)c1cc2ccc(C(=N)N)cc2n1Cc1ccc(C(N)=O)cc1. The Labute approximate surface area is 193 Å². The first kappa shape index (κ1) is 22.6. The van der Waals surface area contributed by atoms with E-state index in [-0.39, 0.29) is 11.7 Å². The fraction of sp³-hybridized carbons (Fsp3) is 0.346. The minimum atomic E-state index is -0.473. The number of hydrogen-bond acceptors (Lipinski definition) is 3. The van der Waals surface area contributed by atoms with E-state index in [1.54, 1.807) is 18.2 Å². The van der Waals surface area contributed by atoms with Crippen LogP contribution in [0.1, 0.15) is 64.1 Å². The maximum absolute atomic E-state index is 13.5. The zero-order valence-corrected chi connectivity index (χ0v) is 19.0. The summed E-state index contributed by atoms with van der Waals surface area (Å²) in [5.74, 6) is 0.0446. The summed E-state index contributed by atoms with van der Waals surface area (Å²) in [4.78, 5) is 26.8. The Kier molecular flexibility index (Phi) is 6.49. The normalized spacial score (nSPS) is 14.3. The number of hydrogen-bond donors (Lipinski definition) is 3. The van der Waals surface area contributed by atoms with Crippen molar-refractivity contribution in [1.82, 2.24) is 9.47 Å². The Morgan fingerprint density at radius 2 is 1.67 bits per heavy atom. The molecule has 7 heteroatoms. The van der Waals surface area contributed by atoms with Crippen molar-refractivity contribution in [2.45, 2.75) is 38.6 Å². The van der Waals surface area contributed by atoms with Crippen molar-refractivity contribution in [3.05, 3.63) is 70.9 Å². The number of rotatable bonds is 7. The summed E-state index contributed by atoms with van der Waals surface area (Å²) in [6.07, 6.45) is 6.11. The highest BCUT2D eigenvalue weighted by molar-refractivity contribution is 6.02. The first-order chi connectivity index (χ1) is 15.8. The largest absolute Gasteiger partial charge is 0.384 e. The number of aromatic nitrogens is 1. The third-order valence-corrected chi connectivity index (χ3v) is 6.62. The van der Waals surface area contributed by atoms with Crippen LogP contribution in [0.3, 0.4) is 0 Å². The van der Waals surface area contributed by atoms with Crippen molar-refractivity contribution in [2.24, 2.45) is 17.4 Å². The van der Waals surface area contributed by atoms with Gasteiger partial charge < -0.3 is 20.9 Å². The number of nitrogens with zero attached hydrogens (tertiary/aromatic N) is 2. The van der Waals surface area contributed by atoms with Gasteiger partial charge in [0.25, 0.3) is 5.91 Å². The highest BCUT2D eigenvalue weighted by Crippen LogP contribution is 2.27. The average molecular weight is 446 g/mol. The zero-order valence-electron chi connectivity index (χ0n) is 19.0. The Balaban J connectivity index is 1.70. The molecule has 1 aromatic heterocycles. The fourth-order valence-corrected chi connectivity index (χ4v) is 4.76. The molecule has 0 bridgehead atoms. The summed E-state index contributed by atoms with van der Waals surface area (Å²) in [5, 5.41) is 8.74. The molecular weight excluding hydrogens is 414 g/mol. The quantitative estimate of drug-likeness (QED) is 0.380. The van der Waals surface area contributed by atoms with Gasteiger partial charge in [0, 0.05) is 42.2 Å². The molecule has 3 aromatic rings. The van der Waals surface area contributed by atoms with Crippen molar-refractivity contribution < 1.29 is 9.59 Å². The molecule has 1 aliphatic rings. The molecule has 0 saturated heterocycles. The maximum Gasteiger partial charge on any atom is 0.270 e. The molecule has 1 fully saturated rings. The van der Waals surface area contributed by atoms with E-state index in [1.807, 2.05) is 46.8 Å². The van der Waals surface area contributed by atoms with Gasteiger partial charge in [-0.2, -0.15) is 0 Å². The molecule has 2 aromatic carbocycles. The first-order valence-electron chi connectivity index (χ1n) is 11.5. The van der Waals surface area contributed by atoms with Crippen molar-refractivity contribution in [2.75, 3.05) is 13.6 Å². The lowest BCUT2D eigenvalue weighted by Crippen LogP contribution is -2.34. The van der Waals surface area contributed by atoms with Crippen LogP contribution in [-0.2, 0) is 6.54 Å². The van der Waals surface area contributed by atoms with E-state index in [1.165, 1.54) is 32.1 Å². The maximum atomic E-state index is 13.5. The van der Waals surface area contributed by atoms with E-state index in [0.29, 0.717) is 29.3 Å². The topological polar surface area (TPSA) is 118 Å². The Morgan fingerprint density at radius 1 is 1.00 bits per heavy atom. The number of fused-ring (bicyclic) bond motifs is 1. The second kappa shape index (κ2) is 9.48. The lowest BCUT2D eigenvalue weighted by molar-refractivity contribution is 0.0750. The highest BCUT2D eigenvalue weighted by atomic mass is 16.2. The molecule has 0 spiro atoms. The van der Waals surface area contributed by atoms with Gasteiger partial charge in [0.1, 0.15) is 11.5 Å². The van der Waals surface area contributed by atoms with Crippen molar-refractivity contribution in [1.29, 1.82) is 5.41 Å². The Bertz CT molecular complexity index is 1190. The number of nitrogen functional groups attached to an aromatic ring is 1. The van der Waals surface area contributed by atoms with Gasteiger partial charge in [-0.1, -0.05) is 43.5 Å². The average Bonchev–Trinajstić information content (AvgIpc) is 3.17. The number of amidine groups is 1. The number of carbonyl (C=O) groups is 2. The molecule has 1 aliphatic carbocycles. The molecule has 5 N–H and O–H groups in total. The molecule has 33 heavy (non-hydrogen) atoms. The van der Waals surface area contributed by atoms with Crippen LogP contribution >= 0.6 is 0 Å². The molecule has 0 unspecified atom stereocenters. The number of carbonyl (C=O) groups excluding carboxylic acids is 2. The molecular formula is C26H31N5O2. The molecule has 0 atom stereocenters. The van der Waals surface area contributed by atoms with E-state index >= 15 is 0 Å². The Hall–Kier alpha value is -3.61. The minimum Gasteiger partial charge on any atom is -0.384 e. The predicted molar refractivity (Wildman–Crippen MR) is 131 cm³/mol. The number of benzene rings is 2. The van der Waals surface area contributed by atoms with Crippen LogP contribution in [0.4, 0.5) is 0 Å². The molecule has 1 saturated carbocycles. The zero-order chi connectivity index (χ0) is 23.5. The van der Waals surface area contributed by atoms with Crippen LogP contribution in [0.5, 0.6) is 0 Å². The van der Waals surface area contributed by atoms with Gasteiger partial charge in [-0.15, -0.1) is 0 Å². The van der Waals surface area contributed by atoms with Gasteiger partial charge in [-0.05, 0) is 48.6 Å². The van der Waals surface area contributed by atoms with Gasteiger partial charge in [-0.25, -0.2) is 0 Å². The summed E-state index contributed by atoms with van der Waals surface area (Å²) in [6.45, 7) is 1.20. The Morgan fingerprint density at radius 3 is 2.30 bits per heavy atom. The molecule has 7 nitrogen and oxygen atoms in total. The third kappa shape index (κ3) is 4.92. The van der Waals surface area contributed by atoms with Crippen LogP contribution in [0.15, 0.2) is 48.5 Å². The fourth-order valence-electron chi connectivity index (χ4n) is 4.76. The molecule has 4 rings (SSSR count). The number of primary amides is 1. The van der Waals surface area contributed by atoms with Gasteiger partial charge in [0.15, 0.2) is 0 Å². The van der Waals surface area contributed by atoms with Crippen molar-refractivity contribution in [3.8, 4) is 0 Å². The second-order valence-corrected chi connectivity index (χ2v) is 9.05. The summed E-state index contributed by atoms with van der Waals surface area (Å²) in [7, 11) is 1.88. The van der Waals surface area contributed by atoms with E-state index in [2.05, 4.69) is 0 Å². The van der Waals surface area contributed by atoms with Crippen LogP contribution in [0.25, 0.3) is 10.9 Å². The summed E-state index contributed by atoms with van der Waals surface area (Å²) in [6, 6.07) is 14.6. The van der Waals surface area contributed by atoms with Gasteiger partial charge in [0.2, 0.25) is 5.91 Å². The highest BCUT2D eigenvalue weighted by Gasteiger charge is 2.23. The monoisotopic (exact) mass is 445 g/mol. The summed E-state index contributed by atoms with van der Waals surface area (Å²) < 4.78 is 1.97. The molecule has 1 heterocycles. The lowest BCUT2D eigenvalue weighted by Gasteiger charge is -2.27. The van der Waals surface area contributed by atoms with Crippen LogP contribution in [-0.4, -0.2) is 40.7 Å². The minimum absolute atomic E-state index is 0.0160. The van der Waals surface area contributed by atoms with Gasteiger partial charge in [0.05, 0.1) is 0 Å². The van der Waals surface area contributed by atoms with E-state index in [4.69, 9.17) is 16.9 Å². The second-order valence-electron chi connectivity index (χ2n) is 9.05. The van der Waals surface area contributed by atoms with Crippen molar-refractivity contribution >= 4 is 28.6 Å². The van der Waals surface area contributed by atoms with Gasteiger partial charge in [-0.3, -0.25) is 15.0 Å². The standard InChI is InChI=1S/C26H31N5O2/c1-30(15-17-5-3-2-4-6-17)26(33)23-13-20-11-12-21(24(27)28)14-22(20)31(23)16-18-7-9-19(10-8-18)25(29)32/h7-14,17H,2-6,15-16H2,1H3,(H3,27,28)(H2,29,32). The number of amides is 2. The third-order valence-electron chi connectivity index (χ3n) is 6.62. The molecule has 2 amide bonds. The van der Waals surface area contributed by atoms with Crippen LogP contribution in [0.2, 0.25) is 0 Å². The molecule has 0 aliphatic heterocycles. The predicted octanol–water partition coefficient (Wildman–Crippen LogP) is 3.72. The smallest absolute Gasteiger partial charge is 0.270 e. The summed E-state index contributed by atoms with van der Waals surface area (Å²) >= 11 is 0.